The Morgan fingerprint density at radius 1 is 1.27 bits per heavy atom. The van der Waals surface area contributed by atoms with Crippen molar-refractivity contribution in [1.82, 2.24) is 34.7 Å². The number of ether oxygens (including phenoxy) is 1. The van der Waals surface area contributed by atoms with Crippen molar-refractivity contribution in [3.63, 3.8) is 0 Å². The van der Waals surface area contributed by atoms with E-state index in [0.29, 0.717) is 63.9 Å². The molecule has 9 nitrogen and oxygen atoms in total. The highest BCUT2D eigenvalue weighted by Gasteiger charge is 2.26. The Morgan fingerprint density at radius 2 is 2.13 bits per heavy atom. The summed E-state index contributed by atoms with van der Waals surface area (Å²) in [4.78, 5) is 7.02. The normalized spacial score (nSPS) is 17.4. The molecule has 30 heavy (non-hydrogen) atoms. The van der Waals surface area contributed by atoms with Gasteiger partial charge in [0.2, 0.25) is 0 Å². The summed E-state index contributed by atoms with van der Waals surface area (Å²) < 4.78 is 35.1. The summed E-state index contributed by atoms with van der Waals surface area (Å²) >= 11 is 0. The zero-order valence-electron chi connectivity index (χ0n) is 16.5. The first-order chi connectivity index (χ1) is 14.5. The average Bonchev–Trinajstić information content (AvgIpc) is 3.48. The third kappa shape index (κ3) is 2.93. The van der Waals surface area contributed by atoms with Crippen LogP contribution in [0, 0.1) is 0 Å². The lowest BCUT2D eigenvalue weighted by atomic mass is 10.1. The number of hydrogen-bond donors (Lipinski definition) is 1. The van der Waals surface area contributed by atoms with Crippen LogP contribution in [0.1, 0.15) is 13.5 Å². The van der Waals surface area contributed by atoms with Crippen molar-refractivity contribution >= 4 is 16.9 Å². The number of halogens is 2. The van der Waals surface area contributed by atoms with E-state index >= 15 is 0 Å². The average molecular weight is 414 g/mol. The van der Waals surface area contributed by atoms with Crippen molar-refractivity contribution in [3.8, 4) is 22.6 Å². The van der Waals surface area contributed by atoms with E-state index in [1.807, 2.05) is 13.0 Å². The van der Waals surface area contributed by atoms with Crippen molar-refractivity contribution < 1.29 is 13.5 Å². The maximum atomic E-state index is 13.6. The molecule has 0 spiro atoms. The van der Waals surface area contributed by atoms with Gasteiger partial charge in [0.15, 0.2) is 0 Å². The van der Waals surface area contributed by atoms with E-state index < -0.39 is 6.55 Å². The fourth-order valence-electron chi connectivity index (χ4n) is 3.93. The third-order valence-corrected chi connectivity index (χ3v) is 5.33. The van der Waals surface area contributed by atoms with Crippen LogP contribution in [0.15, 0.2) is 30.6 Å². The molecule has 5 rings (SSSR count). The zero-order chi connectivity index (χ0) is 20.8. The minimum atomic E-state index is -2.76. The van der Waals surface area contributed by atoms with Crippen LogP contribution in [-0.4, -0.2) is 60.5 Å². The topological polar surface area (TPSA) is 89.7 Å². The van der Waals surface area contributed by atoms with Gasteiger partial charge < -0.3 is 9.64 Å². The fourth-order valence-corrected chi connectivity index (χ4v) is 3.93. The van der Waals surface area contributed by atoms with Gasteiger partial charge in [-0.15, -0.1) is 0 Å². The van der Waals surface area contributed by atoms with E-state index in [0.717, 1.165) is 0 Å². The molecule has 156 valence electrons. The zero-order valence-corrected chi connectivity index (χ0v) is 16.5. The van der Waals surface area contributed by atoms with Gasteiger partial charge in [0.1, 0.15) is 17.0 Å². The number of anilines is 1. The Hall–Kier alpha value is -3.34. The summed E-state index contributed by atoms with van der Waals surface area (Å²) in [5.74, 6) is 0.684. The number of hydrogen-bond acceptors (Lipinski definition) is 6. The van der Waals surface area contributed by atoms with Crippen molar-refractivity contribution in [2.45, 2.75) is 19.5 Å². The van der Waals surface area contributed by atoms with Crippen LogP contribution in [0.5, 0.6) is 0 Å². The lowest BCUT2D eigenvalue weighted by Crippen LogP contribution is -2.44. The summed E-state index contributed by atoms with van der Waals surface area (Å²) in [5.41, 5.74) is 3.46. The van der Waals surface area contributed by atoms with Crippen LogP contribution in [0.2, 0.25) is 0 Å². The minimum absolute atomic E-state index is 0.101. The molecule has 0 aromatic carbocycles. The standard InChI is InChI=1S/C19H20F2N8O/c1-11-10-30-8-7-28(11)15-9-12(14-4-6-23-29(14)19(20)21)18-17(24-15)16(26-27(18)2)13-3-5-22-25-13/h3-6,9,11,19H,7-8,10H2,1-2H3,(H,22,25)/t11-/m1/s1. The van der Waals surface area contributed by atoms with Gasteiger partial charge in [-0.05, 0) is 25.1 Å². The summed E-state index contributed by atoms with van der Waals surface area (Å²) in [6, 6.07) is 5.31. The van der Waals surface area contributed by atoms with Crippen molar-refractivity contribution in [1.29, 1.82) is 0 Å². The minimum Gasteiger partial charge on any atom is -0.377 e. The first-order valence-corrected chi connectivity index (χ1v) is 9.58. The summed E-state index contributed by atoms with van der Waals surface area (Å²) in [6.45, 7) is 1.10. The van der Waals surface area contributed by atoms with Crippen LogP contribution in [-0.2, 0) is 11.8 Å². The molecule has 0 amide bonds. The van der Waals surface area contributed by atoms with Gasteiger partial charge in [0.25, 0.3) is 0 Å². The maximum Gasteiger partial charge on any atom is 0.333 e. The van der Waals surface area contributed by atoms with Gasteiger partial charge in [-0.1, -0.05) is 0 Å². The summed E-state index contributed by atoms with van der Waals surface area (Å²) in [5, 5.41) is 15.3. The summed E-state index contributed by atoms with van der Waals surface area (Å²) in [6.07, 6.45) is 3.01. The molecule has 4 aromatic rings. The molecular formula is C19H20F2N8O. The Morgan fingerprint density at radius 3 is 2.87 bits per heavy atom. The van der Waals surface area contributed by atoms with E-state index in [1.165, 1.54) is 6.20 Å². The SMILES string of the molecule is C[C@@H]1COCCN1c1cc(-c2ccnn2C(F)F)c2c(n1)c(-c1ccn[nH]1)nn2C. The highest BCUT2D eigenvalue weighted by atomic mass is 19.3. The third-order valence-electron chi connectivity index (χ3n) is 5.33. The molecule has 5 heterocycles. The first kappa shape index (κ1) is 18.7. The second-order valence-corrected chi connectivity index (χ2v) is 7.22. The second kappa shape index (κ2) is 7.17. The predicted molar refractivity (Wildman–Crippen MR) is 106 cm³/mol. The highest BCUT2D eigenvalue weighted by Crippen LogP contribution is 2.37. The van der Waals surface area contributed by atoms with Crippen LogP contribution in [0.4, 0.5) is 14.6 Å². The van der Waals surface area contributed by atoms with Crippen molar-refractivity contribution in [3.05, 3.63) is 30.6 Å². The molecule has 1 saturated heterocycles. The van der Waals surface area contributed by atoms with Gasteiger partial charge >= 0.3 is 6.55 Å². The van der Waals surface area contributed by atoms with Crippen LogP contribution < -0.4 is 4.90 Å². The van der Waals surface area contributed by atoms with Crippen molar-refractivity contribution in [2.75, 3.05) is 24.7 Å². The number of nitrogens with one attached hydrogen (secondary N) is 1. The molecular weight excluding hydrogens is 394 g/mol. The molecule has 0 aliphatic carbocycles. The number of aromatic amines is 1. The molecule has 1 fully saturated rings. The largest absolute Gasteiger partial charge is 0.377 e. The number of rotatable bonds is 4. The van der Waals surface area contributed by atoms with E-state index in [2.05, 4.69) is 25.3 Å². The second-order valence-electron chi connectivity index (χ2n) is 7.22. The van der Waals surface area contributed by atoms with Gasteiger partial charge in [0.05, 0.1) is 36.2 Å². The molecule has 1 atom stereocenters. The van der Waals surface area contributed by atoms with E-state index in [1.54, 1.807) is 30.1 Å². The lowest BCUT2D eigenvalue weighted by molar-refractivity contribution is 0.0585. The molecule has 0 radical (unpaired) electrons. The molecule has 4 aromatic heterocycles. The number of alkyl halides is 2. The lowest BCUT2D eigenvalue weighted by Gasteiger charge is -2.34. The van der Waals surface area contributed by atoms with Crippen LogP contribution in [0.3, 0.4) is 0 Å². The van der Waals surface area contributed by atoms with Crippen LogP contribution in [0.25, 0.3) is 33.7 Å². The molecule has 0 saturated carbocycles. The molecule has 1 N–H and O–H groups in total. The monoisotopic (exact) mass is 414 g/mol. The van der Waals surface area contributed by atoms with E-state index in [-0.39, 0.29) is 6.04 Å². The number of morpholine rings is 1. The predicted octanol–water partition coefficient (Wildman–Crippen LogP) is 2.84. The molecule has 1 aliphatic rings. The van der Waals surface area contributed by atoms with E-state index in [4.69, 9.17) is 9.72 Å². The number of aryl methyl sites for hydroxylation is 1. The number of fused-ring (bicyclic) bond motifs is 1. The Balaban J connectivity index is 1.80. The molecule has 1 aliphatic heterocycles. The Kier molecular flexibility index (Phi) is 4.46. The number of aromatic nitrogens is 7. The van der Waals surface area contributed by atoms with Crippen LogP contribution >= 0.6 is 0 Å². The van der Waals surface area contributed by atoms with Crippen molar-refractivity contribution in [2.24, 2.45) is 7.05 Å². The Bertz CT molecular complexity index is 1180. The highest BCUT2D eigenvalue weighted by molar-refractivity contribution is 5.99. The smallest absolute Gasteiger partial charge is 0.333 e. The Labute approximate surface area is 170 Å². The van der Waals surface area contributed by atoms with E-state index in [9.17, 15) is 8.78 Å². The number of H-pyrrole nitrogens is 1. The molecule has 0 unspecified atom stereocenters. The van der Waals surface area contributed by atoms with Gasteiger partial charge in [-0.3, -0.25) is 9.78 Å². The number of pyridine rings is 1. The quantitative estimate of drug-likeness (QED) is 0.552. The van der Waals surface area contributed by atoms with Gasteiger partial charge in [-0.25, -0.2) is 9.67 Å². The summed E-state index contributed by atoms with van der Waals surface area (Å²) in [7, 11) is 1.77. The number of nitrogens with zero attached hydrogens (tertiary/aromatic N) is 7. The molecule has 11 heteroatoms. The van der Waals surface area contributed by atoms with Gasteiger partial charge in [0, 0.05) is 31.5 Å². The molecule has 0 bridgehead atoms. The fraction of sp³-hybridized carbons (Fsp3) is 0.368. The van der Waals surface area contributed by atoms with Gasteiger partial charge in [-0.2, -0.15) is 24.1 Å². The maximum absolute atomic E-state index is 13.6. The first-order valence-electron chi connectivity index (χ1n) is 9.58.